The molecule has 0 spiro atoms. The Hall–Kier alpha value is -1.64. The molecule has 2 N–H and O–H groups in total. The first-order valence-electron chi connectivity index (χ1n) is 10.1. The van der Waals surface area contributed by atoms with Crippen LogP contribution in [0.3, 0.4) is 0 Å². The highest BCUT2D eigenvalue weighted by Gasteiger charge is 2.28. The van der Waals surface area contributed by atoms with Gasteiger partial charge in [-0.2, -0.15) is 4.31 Å². The van der Waals surface area contributed by atoms with E-state index in [1.165, 1.54) is 0 Å². The van der Waals surface area contributed by atoms with Gasteiger partial charge in [0.15, 0.2) is 5.96 Å². The smallest absolute Gasteiger partial charge is 0.243 e. The summed E-state index contributed by atoms with van der Waals surface area (Å²) in [7, 11) is -1.67. The van der Waals surface area contributed by atoms with E-state index in [1.54, 1.807) is 23.5 Å². The van der Waals surface area contributed by atoms with Gasteiger partial charge >= 0.3 is 0 Å². The van der Waals surface area contributed by atoms with Crippen molar-refractivity contribution >= 4 is 16.0 Å². The average molecular weight is 409 g/mol. The number of rotatable bonds is 6. The third kappa shape index (κ3) is 5.46. The first-order valence-corrected chi connectivity index (χ1v) is 11.6. The lowest BCUT2D eigenvalue weighted by Crippen LogP contribution is -2.40. The standard InChI is InChI=1S/C20H32N4O3S/c1-16-5-3-11-24(15-16)28(25,26)19-9-7-17(8-10-19)13-22-20(21-2)23-14-18-6-4-12-27-18/h7-10,16,18H,3-6,11-15H2,1-2H3,(H2,21,22,23). The molecule has 8 heteroatoms. The highest BCUT2D eigenvalue weighted by Crippen LogP contribution is 2.23. The summed E-state index contributed by atoms with van der Waals surface area (Å²) in [5, 5.41) is 6.54. The fourth-order valence-corrected chi connectivity index (χ4v) is 5.31. The van der Waals surface area contributed by atoms with Crippen molar-refractivity contribution in [1.82, 2.24) is 14.9 Å². The van der Waals surface area contributed by atoms with Crippen LogP contribution in [0.2, 0.25) is 0 Å². The van der Waals surface area contributed by atoms with Gasteiger partial charge in [-0.15, -0.1) is 0 Å². The summed E-state index contributed by atoms with van der Waals surface area (Å²) in [6.45, 7) is 5.48. The summed E-state index contributed by atoms with van der Waals surface area (Å²) in [5.74, 6) is 1.13. The third-order valence-corrected chi connectivity index (χ3v) is 7.26. The third-order valence-electron chi connectivity index (χ3n) is 5.39. The van der Waals surface area contributed by atoms with Crippen LogP contribution >= 0.6 is 0 Å². The molecule has 0 amide bonds. The number of nitrogens with one attached hydrogen (secondary N) is 2. The fraction of sp³-hybridized carbons (Fsp3) is 0.650. The van der Waals surface area contributed by atoms with Crippen LogP contribution in [0.4, 0.5) is 0 Å². The highest BCUT2D eigenvalue weighted by atomic mass is 32.2. The number of aliphatic imine (C=N–C) groups is 1. The van der Waals surface area contributed by atoms with Crippen LogP contribution in [0.25, 0.3) is 0 Å². The van der Waals surface area contributed by atoms with Crippen molar-refractivity contribution in [2.24, 2.45) is 10.9 Å². The van der Waals surface area contributed by atoms with Gasteiger partial charge in [0.25, 0.3) is 0 Å². The summed E-state index contributed by atoms with van der Waals surface area (Å²) < 4.78 is 32.9. The van der Waals surface area contributed by atoms with Gasteiger partial charge < -0.3 is 15.4 Å². The number of hydrogen-bond acceptors (Lipinski definition) is 4. The molecule has 0 aliphatic carbocycles. The number of ether oxygens (including phenoxy) is 1. The van der Waals surface area contributed by atoms with E-state index < -0.39 is 10.0 Å². The van der Waals surface area contributed by atoms with Crippen LogP contribution in [0.5, 0.6) is 0 Å². The number of nitrogens with zero attached hydrogens (tertiary/aromatic N) is 2. The molecule has 7 nitrogen and oxygen atoms in total. The minimum absolute atomic E-state index is 0.251. The Morgan fingerprint density at radius 1 is 1.21 bits per heavy atom. The molecule has 156 valence electrons. The minimum Gasteiger partial charge on any atom is -0.376 e. The second kappa shape index (κ2) is 9.71. The van der Waals surface area contributed by atoms with Crippen molar-refractivity contribution in [3.8, 4) is 0 Å². The van der Waals surface area contributed by atoms with E-state index in [4.69, 9.17) is 4.74 Å². The molecule has 0 saturated carbocycles. The van der Waals surface area contributed by atoms with Crippen molar-refractivity contribution in [2.45, 2.75) is 50.2 Å². The Balaban J connectivity index is 1.53. The van der Waals surface area contributed by atoms with Crippen molar-refractivity contribution in [3.05, 3.63) is 29.8 Å². The van der Waals surface area contributed by atoms with E-state index in [-0.39, 0.29) is 6.10 Å². The molecule has 2 saturated heterocycles. The van der Waals surface area contributed by atoms with Crippen LogP contribution in [0.1, 0.15) is 38.2 Å². The van der Waals surface area contributed by atoms with Crippen LogP contribution in [0.15, 0.2) is 34.2 Å². The Morgan fingerprint density at radius 2 is 2.00 bits per heavy atom. The van der Waals surface area contributed by atoms with E-state index >= 15 is 0 Å². The summed E-state index contributed by atoms with van der Waals surface area (Å²) in [6.07, 6.45) is 4.47. The molecular weight excluding hydrogens is 376 g/mol. The van der Waals surface area contributed by atoms with Crippen LogP contribution in [-0.2, 0) is 21.3 Å². The Bertz CT molecular complexity index is 758. The molecule has 0 radical (unpaired) electrons. The Kier molecular flexibility index (Phi) is 7.31. The molecule has 2 atom stereocenters. The van der Waals surface area contributed by atoms with E-state index in [0.717, 1.165) is 50.4 Å². The maximum Gasteiger partial charge on any atom is 0.243 e. The second-order valence-corrected chi connectivity index (χ2v) is 9.63. The van der Waals surface area contributed by atoms with Crippen molar-refractivity contribution in [1.29, 1.82) is 0 Å². The van der Waals surface area contributed by atoms with Crippen LogP contribution in [0, 0.1) is 5.92 Å². The first kappa shape index (κ1) is 21.1. The molecule has 28 heavy (non-hydrogen) atoms. The SMILES string of the molecule is CN=C(NCc1ccc(S(=O)(=O)N2CCCC(C)C2)cc1)NCC1CCCO1. The number of benzene rings is 1. The van der Waals surface area contributed by atoms with E-state index in [1.807, 2.05) is 12.1 Å². The van der Waals surface area contributed by atoms with Gasteiger partial charge in [-0.3, -0.25) is 4.99 Å². The van der Waals surface area contributed by atoms with Gasteiger partial charge in [0.1, 0.15) is 0 Å². The molecular formula is C20H32N4O3S. The number of hydrogen-bond donors (Lipinski definition) is 2. The normalized spacial score (nSPS) is 24.3. The summed E-state index contributed by atoms with van der Waals surface area (Å²) in [6, 6.07) is 7.13. The van der Waals surface area contributed by atoms with Crippen LogP contribution in [-0.4, -0.2) is 58.1 Å². The first-order chi connectivity index (χ1) is 13.5. The van der Waals surface area contributed by atoms with Crippen LogP contribution < -0.4 is 10.6 Å². The zero-order valence-corrected chi connectivity index (χ0v) is 17.7. The maximum atomic E-state index is 12.8. The van der Waals surface area contributed by atoms with Crippen molar-refractivity contribution in [2.75, 3.05) is 33.3 Å². The quantitative estimate of drug-likeness (QED) is 0.555. The number of piperidine rings is 1. The lowest BCUT2D eigenvalue weighted by Gasteiger charge is -2.30. The largest absolute Gasteiger partial charge is 0.376 e. The molecule has 3 rings (SSSR count). The Labute approximate surface area is 168 Å². The van der Waals surface area contributed by atoms with E-state index in [9.17, 15) is 8.42 Å². The van der Waals surface area contributed by atoms with Gasteiger partial charge in [-0.05, 0) is 49.3 Å². The second-order valence-electron chi connectivity index (χ2n) is 7.70. The predicted octanol–water partition coefficient (Wildman–Crippen LogP) is 1.95. The van der Waals surface area contributed by atoms with Crippen molar-refractivity contribution < 1.29 is 13.2 Å². The lowest BCUT2D eigenvalue weighted by atomic mass is 10.0. The van der Waals surface area contributed by atoms with Crippen molar-refractivity contribution in [3.63, 3.8) is 0 Å². The minimum atomic E-state index is -3.40. The molecule has 0 bridgehead atoms. The monoisotopic (exact) mass is 408 g/mol. The highest BCUT2D eigenvalue weighted by molar-refractivity contribution is 7.89. The van der Waals surface area contributed by atoms with E-state index in [0.29, 0.717) is 30.4 Å². The summed E-state index contributed by atoms with van der Waals surface area (Å²) in [4.78, 5) is 4.59. The van der Waals surface area contributed by atoms with Gasteiger partial charge in [0, 0.05) is 39.8 Å². The molecule has 1 aromatic rings. The molecule has 2 aliphatic heterocycles. The maximum absolute atomic E-state index is 12.8. The molecule has 2 aliphatic rings. The van der Waals surface area contributed by atoms with E-state index in [2.05, 4.69) is 22.5 Å². The number of sulfonamides is 1. The van der Waals surface area contributed by atoms with Gasteiger partial charge in [-0.25, -0.2) is 8.42 Å². The summed E-state index contributed by atoms with van der Waals surface area (Å²) >= 11 is 0. The zero-order chi connectivity index (χ0) is 20.0. The van der Waals surface area contributed by atoms with Gasteiger partial charge in [0.2, 0.25) is 10.0 Å². The predicted molar refractivity (Wildman–Crippen MR) is 111 cm³/mol. The molecule has 2 fully saturated rings. The molecule has 0 aromatic heterocycles. The molecule has 2 heterocycles. The Morgan fingerprint density at radius 3 is 2.64 bits per heavy atom. The summed E-state index contributed by atoms with van der Waals surface area (Å²) in [5.41, 5.74) is 1.01. The fourth-order valence-electron chi connectivity index (χ4n) is 3.72. The average Bonchev–Trinajstić information content (AvgIpc) is 3.22. The lowest BCUT2D eigenvalue weighted by molar-refractivity contribution is 0.114. The molecule has 2 unspecified atom stereocenters. The molecule has 1 aromatic carbocycles. The van der Waals surface area contributed by atoms with Gasteiger partial charge in [-0.1, -0.05) is 19.1 Å². The topological polar surface area (TPSA) is 83.0 Å². The van der Waals surface area contributed by atoms with Gasteiger partial charge in [0.05, 0.1) is 11.0 Å². The zero-order valence-electron chi connectivity index (χ0n) is 16.9. The number of guanidine groups is 1.